The van der Waals surface area contributed by atoms with Gasteiger partial charge in [0, 0.05) is 15.5 Å². The Labute approximate surface area is 121 Å². The first-order chi connectivity index (χ1) is 8.38. The van der Waals surface area contributed by atoms with Crippen LogP contribution in [0.1, 0.15) is 31.9 Å². The summed E-state index contributed by atoms with van der Waals surface area (Å²) in [6.45, 7) is 3.83. The molecule has 0 aromatic heterocycles. The highest BCUT2D eigenvalue weighted by Crippen LogP contribution is 2.30. The maximum atomic E-state index is 11.2. The summed E-state index contributed by atoms with van der Waals surface area (Å²) < 4.78 is 0.913. The van der Waals surface area contributed by atoms with Crippen molar-refractivity contribution < 1.29 is 9.90 Å². The molecule has 0 aliphatic heterocycles. The molecule has 0 spiro atoms. The second-order valence-electron chi connectivity index (χ2n) is 4.27. The Bertz CT molecular complexity index is 439. The molecule has 0 saturated heterocycles. The van der Waals surface area contributed by atoms with Crippen molar-refractivity contribution in [3.05, 3.63) is 33.3 Å². The van der Waals surface area contributed by atoms with E-state index in [1.165, 1.54) is 0 Å². The summed E-state index contributed by atoms with van der Waals surface area (Å²) in [5.41, 5.74) is 0.932. The SMILES string of the molecule is CCC(C(=O)O)N(C)C(C)c1ccc(Br)cc1Cl. The van der Waals surface area contributed by atoms with E-state index >= 15 is 0 Å². The normalized spacial score (nSPS) is 14.6. The number of carboxylic acid groups (broad SMARTS) is 1. The van der Waals surface area contributed by atoms with E-state index in [9.17, 15) is 9.90 Å². The smallest absolute Gasteiger partial charge is 0.320 e. The molecule has 0 heterocycles. The second kappa shape index (κ2) is 6.55. The molecule has 0 aliphatic rings. The van der Waals surface area contributed by atoms with Crippen LogP contribution in [-0.2, 0) is 4.79 Å². The van der Waals surface area contributed by atoms with Crippen LogP contribution < -0.4 is 0 Å². The van der Waals surface area contributed by atoms with Crippen LogP contribution >= 0.6 is 27.5 Å². The van der Waals surface area contributed by atoms with Crippen molar-refractivity contribution >= 4 is 33.5 Å². The van der Waals surface area contributed by atoms with Crippen molar-refractivity contribution in [1.29, 1.82) is 0 Å². The Morgan fingerprint density at radius 2 is 2.17 bits per heavy atom. The lowest BCUT2D eigenvalue weighted by Gasteiger charge is -2.30. The zero-order chi connectivity index (χ0) is 13.9. The van der Waals surface area contributed by atoms with Gasteiger partial charge >= 0.3 is 5.97 Å². The molecule has 100 valence electrons. The van der Waals surface area contributed by atoms with Gasteiger partial charge in [0.15, 0.2) is 0 Å². The van der Waals surface area contributed by atoms with Crippen molar-refractivity contribution in [2.45, 2.75) is 32.4 Å². The summed E-state index contributed by atoms with van der Waals surface area (Å²) in [6.07, 6.45) is 0.560. The van der Waals surface area contributed by atoms with Gasteiger partial charge in [0.1, 0.15) is 6.04 Å². The lowest BCUT2D eigenvalue weighted by Crippen LogP contribution is -2.39. The molecule has 1 aromatic rings. The average molecular weight is 335 g/mol. The van der Waals surface area contributed by atoms with Crippen LogP contribution in [0, 0.1) is 0 Å². The molecule has 0 fully saturated rings. The summed E-state index contributed by atoms with van der Waals surface area (Å²) >= 11 is 9.55. The quantitative estimate of drug-likeness (QED) is 0.886. The third-order valence-electron chi connectivity index (χ3n) is 3.19. The number of hydrogen-bond donors (Lipinski definition) is 1. The Kier molecular flexibility index (Phi) is 5.63. The van der Waals surface area contributed by atoms with Crippen molar-refractivity contribution in [3.8, 4) is 0 Å². The summed E-state index contributed by atoms with van der Waals surface area (Å²) in [5.74, 6) is -0.805. The number of hydrogen-bond acceptors (Lipinski definition) is 2. The predicted molar refractivity (Wildman–Crippen MR) is 77.0 cm³/mol. The molecule has 2 unspecified atom stereocenters. The Morgan fingerprint density at radius 1 is 1.56 bits per heavy atom. The summed E-state index contributed by atoms with van der Waals surface area (Å²) in [4.78, 5) is 13.0. The van der Waals surface area contributed by atoms with Gasteiger partial charge in [-0.15, -0.1) is 0 Å². The zero-order valence-electron chi connectivity index (χ0n) is 10.7. The highest BCUT2D eigenvalue weighted by atomic mass is 79.9. The van der Waals surface area contributed by atoms with E-state index in [-0.39, 0.29) is 6.04 Å². The fraction of sp³-hybridized carbons (Fsp3) is 0.462. The van der Waals surface area contributed by atoms with Crippen molar-refractivity contribution in [3.63, 3.8) is 0 Å². The Morgan fingerprint density at radius 3 is 2.61 bits per heavy atom. The molecule has 5 heteroatoms. The lowest BCUT2D eigenvalue weighted by atomic mass is 10.0. The van der Waals surface area contributed by atoms with Gasteiger partial charge in [-0.05, 0) is 38.1 Å². The number of aliphatic carboxylic acids is 1. The number of carboxylic acids is 1. The van der Waals surface area contributed by atoms with Gasteiger partial charge in [-0.1, -0.05) is 40.5 Å². The molecular weight excluding hydrogens is 318 g/mol. The second-order valence-corrected chi connectivity index (χ2v) is 5.59. The first kappa shape index (κ1) is 15.5. The van der Waals surface area contributed by atoms with Gasteiger partial charge in [-0.25, -0.2) is 0 Å². The Hall–Kier alpha value is -0.580. The fourth-order valence-electron chi connectivity index (χ4n) is 1.97. The summed E-state index contributed by atoms with van der Waals surface area (Å²) in [7, 11) is 1.81. The lowest BCUT2D eigenvalue weighted by molar-refractivity contribution is -0.143. The van der Waals surface area contributed by atoms with Crippen molar-refractivity contribution in [2.24, 2.45) is 0 Å². The Balaban J connectivity index is 2.98. The largest absolute Gasteiger partial charge is 0.480 e. The van der Waals surface area contributed by atoms with Crippen molar-refractivity contribution in [1.82, 2.24) is 4.90 Å². The molecule has 1 N–H and O–H groups in total. The summed E-state index contributed by atoms with van der Waals surface area (Å²) in [5, 5.41) is 9.81. The van der Waals surface area contributed by atoms with E-state index in [1.807, 2.05) is 44.0 Å². The van der Waals surface area contributed by atoms with Gasteiger partial charge in [-0.3, -0.25) is 9.69 Å². The number of likely N-dealkylation sites (N-methyl/N-ethyl adjacent to an activating group) is 1. The van der Waals surface area contributed by atoms with E-state index in [0.717, 1.165) is 10.0 Å². The van der Waals surface area contributed by atoms with Gasteiger partial charge in [0.25, 0.3) is 0 Å². The molecule has 3 nitrogen and oxygen atoms in total. The van der Waals surface area contributed by atoms with Crippen molar-refractivity contribution in [2.75, 3.05) is 7.05 Å². The molecule has 2 atom stereocenters. The number of nitrogens with zero attached hydrogens (tertiary/aromatic N) is 1. The third kappa shape index (κ3) is 3.46. The van der Waals surface area contributed by atoms with E-state index in [2.05, 4.69) is 15.9 Å². The molecule has 1 aromatic carbocycles. The monoisotopic (exact) mass is 333 g/mol. The van der Waals surface area contributed by atoms with Crippen LogP contribution in [0.2, 0.25) is 5.02 Å². The highest BCUT2D eigenvalue weighted by Gasteiger charge is 2.26. The topological polar surface area (TPSA) is 40.5 Å². The maximum Gasteiger partial charge on any atom is 0.320 e. The first-order valence-corrected chi connectivity index (χ1v) is 6.95. The molecular formula is C13H17BrClNO2. The molecule has 18 heavy (non-hydrogen) atoms. The van der Waals surface area contributed by atoms with Crippen LogP contribution in [0.4, 0.5) is 0 Å². The fourth-order valence-corrected chi connectivity index (χ4v) is 2.80. The standard InChI is InChI=1S/C13H17BrClNO2/c1-4-12(13(17)18)16(3)8(2)10-6-5-9(14)7-11(10)15/h5-8,12H,4H2,1-3H3,(H,17,18). The van der Waals surface area contributed by atoms with E-state index in [4.69, 9.17) is 11.6 Å². The minimum Gasteiger partial charge on any atom is -0.480 e. The van der Waals surface area contributed by atoms with Crippen LogP contribution in [0.15, 0.2) is 22.7 Å². The van der Waals surface area contributed by atoms with Gasteiger partial charge in [-0.2, -0.15) is 0 Å². The van der Waals surface area contributed by atoms with E-state index in [0.29, 0.717) is 11.4 Å². The molecule has 0 bridgehead atoms. The number of carbonyl (C=O) groups is 1. The van der Waals surface area contributed by atoms with Crippen LogP contribution in [-0.4, -0.2) is 29.1 Å². The zero-order valence-corrected chi connectivity index (χ0v) is 13.0. The van der Waals surface area contributed by atoms with Crippen LogP contribution in [0.3, 0.4) is 0 Å². The number of benzene rings is 1. The molecule has 1 rings (SSSR count). The first-order valence-electron chi connectivity index (χ1n) is 5.78. The molecule has 0 radical (unpaired) electrons. The van der Waals surface area contributed by atoms with Crippen LogP contribution in [0.25, 0.3) is 0 Å². The molecule has 0 saturated carbocycles. The van der Waals surface area contributed by atoms with Gasteiger partial charge in [0.2, 0.25) is 0 Å². The molecule has 0 aliphatic carbocycles. The predicted octanol–water partition coefficient (Wildman–Crippen LogP) is 3.96. The van der Waals surface area contributed by atoms with Gasteiger partial charge < -0.3 is 5.11 Å². The summed E-state index contributed by atoms with van der Waals surface area (Å²) in [6, 6.07) is 5.10. The number of halogens is 2. The number of rotatable bonds is 5. The average Bonchev–Trinajstić information content (AvgIpc) is 2.28. The maximum absolute atomic E-state index is 11.2. The van der Waals surface area contributed by atoms with Gasteiger partial charge in [0.05, 0.1) is 0 Å². The molecule has 0 amide bonds. The minimum atomic E-state index is -0.805. The minimum absolute atomic E-state index is 0.0494. The third-order valence-corrected chi connectivity index (χ3v) is 4.01. The van der Waals surface area contributed by atoms with E-state index in [1.54, 1.807) is 0 Å². The highest BCUT2D eigenvalue weighted by molar-refractivity contribution is 9.10. The van der Waals surface area contributed by atoms with E-state index < -0.39 is 12.0 Å². The van der Waals surface area contributed by atoms with Crippen LogP contribution in [0.5, 0.6) is 0 Å².